The van der Waals surface area contributed by atoms with Crippen LogP contribution in [0.4, 0.5) is 4.79 Å². The number of urea groups is 1. The van der Waals surface area contributed by atoms with Gasteiger partial charge in [0.05, 0.1) is 5.56 Å². The molecule has 7 nitrogen and oxygen atoms in total. The summed E-state index contributed by atoms with van der Waals surface area (Å²) < 4.78 is 0. The van der Waals surface area contributed by atoms with Crippen LogP contribution in [0.3, 0.4) is 0 Å². The molecule has 28 heavy (non-hydrogen) atoms. The first kappa shape index (κ1) is 19.4. The molecule has 0 aromatic heterocycles. The number of benzene rings is 2. The predicted octanol–water partition coefficient (Wildman–Crippen LogP) is 2.23. The lowest BCUT2D eigenvalue weighted by Crippen LogP contribution is -2.38. The van der Waals surface area contributed by atoms with Crippen molar-refractivity contribution in [3.8, 4) is 0 Å². The van der Waals surface area contributed by atoms with Gasteiger partial charge < -0.3 is 20.6 Å². The maximum atomic E-state index is 12.2. The van der Waals surface area contributed by atoms with Gasteiger partial charge in [-0.25, -0.2) is 9.59 Å². The summed E-state index contributed by atoms with van der Waals surface area (Å²) >= 11 is 0. The summed E-state index contributed by atoms with van der Waals surface area (Å²) in [6, 6.07) is 15.9. The molecule has 1 fully saturated rings. The molecule has 1 saturated heterocycles. The van der Waals surface area contributed by atoms with Crippen LogP contribution in [-0.2, 0) is 17.9 Å². The van der Waals surface area contributed by atoms with Gasteiger partial charge in [-0.15, -0.1) is 0 Å². The molecule has 0 radical (unpaired) electrons. The van der Waals surface area contributed by atoms with E-state index in [0.717, 1.165) is 11.1 Å². The van der Waals surface area contributed by atoms with Gasteiger partial charge in [0.25, 0.3) is 0 Å². The zero-order chi connectivity index (χ0) is 19.9. The molecule has 1 heterocycles. The fourth-order valence-electron chi connectivity index (χ4n) is 3.19. The Balaban J connectivity index is 1.40. The summed E-state index contributed by atoms with van der Waals surface area (Å²) in [5, 5.41) is 14.4. The van der Waals surface area contributed by atoms with Crippen molar-refractivity contribution in [3.63, 3.8) is 0 Å². The van der Waals surface area contributed by atoms with Gasteiger partial charge in [0.15, 0.2) is 0 Å². The molecular formula is C21H23N3O4. The first-order valence-corrected chi connectivity index (χ1v) is 9.17. The van der Waals surface area contributed by atoms with E-state index in [0.29, 0.717) is 32.6 Å². The van der Waals surface area contributed by atoms with Crippen molar-refractivity contribution in [2.75, 3.05) is 13.1 Å². The monoisotopic (exact) mass is 381 g/mol. The summed E-state index contributed by atoms with van der Waals surface area (Å²) in [6.07, 6.45) is 0.434. The molecule has 7 heteroatoms. The van der Waals surface area contributed by atoms with Crippen molar-refractivity contribution in [1.29, 1.82) is 0 Å². The standard InChI is InChI=1S/C21H23N3O4/c25-19-10-17(14-24(19)13-16-4-2-1-3-5-16)12-23-21(28)22-11-15-6-8-18(9-7-15)20(26)27/h1-9,17H,10-14H2,(H,26,27)(H2,22,23,28). The van der Waals surface area contributed by atoms with Crippen molar-refractivity contribution < 1.29 is 19.5 Å². The Hall–Kier alpha value is -3.35. The zero-order valence-corrected chi connectivity index (χ0v) is 15.4. The Morgan fingerprint density at radius 2 is 1.71 bits per heavy atom. The molecule has 2 aromatic rings. The second-order valence-corrected chi connectivity index (χ2v) is 6.90. The number of nitrogens with zero attached hydrogens (tertiary/aromatic N) is 1. The molecule has 3 N–H and O–H groups in total. The number of rotatable bonds is 7. The number of carbonyl (C=O) groups is 3. The van der Waals surface area contributed by atoms with Crippen molar-refractivity contribution in [2.45, 2.75) is 19.5 Å². The number of carbonyl (C=O) groups excluding carboxylic acids is 2. The number of carboxylic acids is 1. The Bertz CT molecular complexity index is 836. The number of likely N-dealkylation sites (tertiary alicyclic amines) is 1. The van der Waals surface area contributed by atoms with Crippen molar-refractivity contribution in [1.82, 2.24) is 15.5 Å². The van der Waals surface area contributed by atoms with Gasteiger partial charge in [0.2, 0.25) is 5.91 Å². The maximum Gasteiger partial charge on any atom is 0.335 e. The van der Waals surface area contributed by atoms with Crippen molar-refractivity contribution >= 4 is 17.9 Å². The zero-order valence-electron chi connectivity index (χ0n) is 15.4. The van der Waals surface area contributed by atoms with Crippen molar-refractivity contribution in [3.05, 3.63) is 71.3 Å². The van der Waals surface area contributed by atoms with Gasteiger partial charge in [-0.05, 0) is 23.3 Å². The largest absolute Gasteiger partial charge is 0.478 e. The Morgan fingerprint density at radius 1 is 1.00 bits per heavy atom. The van der Waals surface area contributed by atoms with E-state index in [1.807, 2.05) is 35.2 Å². The van der Waals surface area contributed by atoms with Gasteiger partial charge in [-0.3, -0.25) is 4.79 Å². The van der Waals surface area contributed by atoms with Crippen LogP contribution in [0.15, 0.2) is 54.6 Å². The highest BCUT2D eigenvalue weighted by atomic mass is 16.4. The second kappa shape index (κ2) is 9.03. The number of amides is 3. The van der Waals surface area contributed by atoms with Crippen LogP contribution in [0.2, 0.25) is 0 Å². The molecule has 146 valence electrons. The Kier molecular flexibility index (Phi) is 6.26. The molecule has 0 saturated carbocycles. The quantitative estimate of drug-likeness (QED) is 0.685. The average Bonchev–Trinajstić information content (AvgIpc) is 3.05. The minimum absolute atomic E-state index is 0.0943. The van der Waals surface area contributed by atoms with E-state index in [-0.39, 0.29) is 23.4 Å². The first-order valence-electron chi connectivity index (χ1n) is 9.17. The van der Waals surface area contributed by atoms with Gasteiger partial charge in [0.1, 0.15) is 0 Å². The topological polar surface area (TPSA) is 98.7 Å². The summed E-state index contributed by atoms with van der Waals surface area (Å²) in [6.45, 7) is 1.95. The molecule has 0 spiro atoms. The number of hydrogen-bond acceptors (Lipinski definition) is 3. The number of aromatic carboxylic acids is 1. The van der Waals surface area contributed by atoms with Crippen LogP contribution in [-0.4, -0.2) is 41.0 Å². The molecule has 3 rings (SSSR count). The molecule has 2 aromatic carbocycles. The third kappa shape index (κ3) is 5.33. The molecule has 0 bridgehead atoms. The van der Waals surface area contributed by atoms with Crippen LogP contribution >= 0.6 is 0 Å². The molecule has 1 atom stereocenters. The van der Waals surface area contributed by atoms with E-state index in [4.69, 9.17) is 5.11 Å². The Morgan fingerprint density at radius 3 is 2.39 bits per heavy atom. The van der Waals surface area contributed by atoms with Crippen LogP contribution < -0.4 is 10.6 Å². The van der Waals surface area contributed by atoms with E-state index < -0.39 is 5.97 Å². The number of hydrogen-bond donors (Lipinski definition) is 3. The van der Waals surface area contributed by atoms with E-state index >= 15 is 0 Å². The summed E-state index contributed by atoms with van der Waals surface area (Å²) in [5.74, 6) is -0.781. The average molecular weight is 381 g/mol. The minimum atomic E-state index is -0.982. The highest BCUT2D eigenvalue weighted by Crippen LogP contribution is 2.19. The van der Waals surface area contributed by atoms with Crippen molar-refractivity contribution in [2.24, 2.45) is 5.92 Å². The third-order valence-electron chi connectivity index (χ3n) is 4.72. The van der Waals surface area contributed by atoms with E-state index in [9.17, 15) is 14.4 Å². The maximum absolute atomic E-state index is 12.2. The molecule has 1 aliphatic heterocycles. The molecular weight excluding hydrogens is 358 g/mol. The predicted molar refractivity (Wildman–Crippen MR) is 104 cm³/mol. The SMILES string of the molecule is O=C(NCc1ccc(C(=O)O)cc1)NCC1CC(=O)N(Cc2ccccc2)C1. The van der Waals surface area contributed by atoms with Crippen LogP contribution in [0, 0.1) is 5.92 Å². The van der Waals surface area contributed by atoms with Crippen LogP contribution in [0.25, 0.3) is 0 Å². The smallest absolute Gasteiger partial charge is 0.335 e. The second-order valence-electron chi connectivity index (χ2n) is 6.90. The van der Waals surface area contributed by atoms with E-state index in [1.54, 1.807) is 12.1 Å². The van der Waals surface area contributed by atoms with Gasteiger partial charge in [-0.1, -0.05) is 42.5 Å². The highest BCUT2D eigenvalue weighted by molar-refractivity contribution is 5.87. The minimum Gasteiger partial charge on any atom is -0.478 e. The lowest BCUT2D eigenvalue weighted by molar-refractivity contribution is -0.128. The fourth-order valence-corrected chi connectivity index (χ4v) is 3.19. The number of carboxylic acid groups (broad SMARTS) is 1. The van der Waals surface area contributed by atoms with E-state index in [2.05, 4.69) is 10.6 Å². The molecule has 1 unspecified atom stereocenters. The lowest BCUT2D eigenvalue weighted by Gasteiger charge is -2.17. The van der Waals surface area contributed by atoms with Gasteiger partial charge >= 0.3 is 12.0 Å². The fraction of sp³-hybridized carbons (Fsp3) is 0.286. The normalized spacial score (nSPS) is 16.1. The van der Waals surface area contributed by atoms with Gasteiger partial charge in [0, 0.05) is 38.5 Å². The lowest BCUT2D eigenvalue weighted by atomic mass is 10.1. The molecule has 1 aliphatic rings. The third-order valence-corrected chi connectivity index (χ3v) is 4.72. The Labute approximate surface area is 163 Å². The molecule has 0 aliphatic carbocycles. The summed E-state index contributed by atoms with van der Waals surface area (Å²) in [5.41, 5.74) is 2.11. The summed E-state index contributed by atoms with van der Waals surface area (Å²) in [4.78, 5) is 36.8. The van der Waals surface area contributed by atoms with Gasteiger partial charge in [-0.2, -0.15) is 0 Å². The summed E-state index contributed by atoms with van der Waals surface area (Å²) in [7, 11) is 0. The molecule has 3 amide bonds. The van der Waals surface area contributed by atoms with E-state index in [1.165, 1.54) is 12.1 Å². The highest BCUT2D eigenvalue weighted by Gasteiger charge is 2.29. The van der Waals surface area contributed by atoms with Crippen LogP contribution in [0.1, 0.15) is 27.9 Å². The van der Waals surface area contributed by atoms with Crippen LogP contribution in [0.5, 0.6) is 0 Å². The number of nitrogens with one attached hydrogen (secondary N) is 2. The first-order chi connectivity index (χ1) is 13.5.